The lowest BCUT2D eigenvalue weighted by Gasteiger charge is -2.49. The van der Waals surface area contributed by atoms with Crippen LogP contribution in [-0.2, 0) is 38.0 Å². The van der Waals surface area contributed by atoms with Gasteiger partial charge >= 0.3 is 5.97 Å². The molecule has 7 rings (SSSR count). The van der Waals surface area contributed by atoms with E-state index in [1.165, 1.54) is 19.3 Å². The summed E-state index contributed by atoms with van der Waals surface area (Å²) in [5.74, 6) is -2.20. The summed E-state index contributed by atoms with van der Waals surface area (Å²) in [4.78, 5) is 14.3. The molecule has 0 aromatic rings. The fourth-order valence-electron chi connectivity index (χ4n) is 9.99. The van der Waals surface area contributed by atoms with Gasteiger partial charge in [0.2, 0.25) is 0 Å². The van der Waals surface area contributed by atoms with Crippen molar-refractivity contribution >= 4 is 5.97 Å². The number of ether oxygens (including phenoxy) is 7. The summed E-state index contributed by atoms with van der Waals surface area (Å²) in [7, 11) is 1.59. The first-order valence-electron chi connectivity index (χ1n) is 20.3. The average Bonchev–Trinajstić information content (AvgIpc) is 3.49. The molecule has 1 saturated carbocycles. The number of allylic oxidation sites excluding steroid dienone is 2. The zero-order valence-electron chi connectivity index (χ0n) is 32.8. The van der Waals surface area contributed by atoms with Gasteiger partial charge in [-0.15, -0.1) is 0 Å². The van der Waals surface area contributed by atoms with Crippen molar-refractivity contribution in [2.24, 2.45) is 23.7 Å². The molecule has 1 spiro atoms. The lowest BCUT2D eigenvalue weighted by molar-refractivity contribution is -0.301. The number of hydrogen-bond donors (Lipinski definition) is 3. The quantitative estimate of drug-likeness (QED) is 0.252. The molecule has 11 nitrogen and oxygen atoms in total. The lowest BCUT2D eigenvalue weighted by atomic mass is 9.71. The van der Waals surface area contributed by atoms with Crippen molar-refractivity contribution in [2.75, 3.05) is 13.7 Å². The van der Waals surface area contributed by atoms with E-state index in [1.807, 2.05) is 32.1 Å². The molecule has 0 aromatic carbocycles. The van der Waals surface area contributed by atoms with Gasteiger partial charge in [-0.05, 0) is 68.7 Å². The largest absolute Gasteiger partial charge is 0.462 e. The second-order valence-corrected chi connectivity index (χ2v) is 17.1. The monoisotopic (exact) mass is 754 g/mol. The van der Waals surface area contributed by atoms with E-state index < -0.39 is 72.3 Å². The number of aliphatic hydroxyl groups is 3. The molecule has 15 atom stereocenters. The van der Waals surface area contributed by atoms with E-state index in [-0.39, 0.29) is 30.7 Å². The zero-order chi connectivity index (χ0) is 38.4. The van der Waals surface area contributed by atoms with Gasteiger partial charge in [-0.3, -0.25) is 4.79 Å². The number of esters is 1. The maximum absolute atomic E-state index is 14.3. The standard InChI is InChI=1S/C43H62O11/c1-24-11-10-14-30-23-49-40-36(44)27(4)19-33(43(30,40)47)41(46)51-32-20-31(16-15-25(2)38(24)52-35-21-34(48-6)37(45)28(5)50-35)53-42(22-32)18-17-26(3)39(54-42)29-12-8-7-9-13-29/h10-11,14-15,17-19,24,26,28-29,31-40,44-45,47H,7-9,12-13,16,20-23H2,1-6H3/b11-10+,25-15+,30-14+/t24-,26-,28-,31+,32?,33?,34-,35-,36+,37-,38-,39-,40+,42+,43+/m0/s1. The number of hydrogen-bond acceptors (Lipinski definition) is 11. The Kier molecular flexibility index (Phi) is 12.1. The highest BCUT2D eigenvalue weighted by atomic mass is 16.7. The van der Waals surface area contributed by atoms with Crippen molar-refractivity contribution in [3.05, 3.63) is 59.3 Å². The number of aliphatic hydroxyl groups excluding tert-OH is 2. The molecule has 4 fully saturated rings. The van der Waals surface area contributed by atoms with Gasteiger partial charge in [0.05, 0.1) is 37.1 Å². The molecule has 11 heteroatoms. The highest BCUT2D eigenvalue weighted by Gasteiger charge is 2.60. The van der Waals surface area contributed by atoms with Gasteiger partial charge in [-0.25, -0.2) is 0 Å². The molecular weight excluding hydrogens is 692 g/mol. The summed E-state index contributed by atoms with van der Waals surface area (Å²) in [6, 6.07) is 0. The Morgan fingerprint density at radius 1 is 0.944 bits per heavy atom. The second-order valence-electron chi connectivity index (χ2n) is 17.1. The summed E-state index contributed by atoms with van der Waals surface area (Å²) in [5.41, 5.74) is 0.217. The van der Waals surface area contributed by atoms with Crippen molar-refractivity contribution < 1.29 is 53.3 Å². The minimum atomic E-state index is -1.81. The summed E-state index contributed by atoms with van der Waals surface area (Å²) < 4.78 is 44.8. The van der Waals surface area contributed by atoms with E-state index in [1.54, 1.807) is 26.2 Å². The Hall–Kier alpha value is -2.19. The molecule has 54 heavy (non-hydrogen) atoms. The summed E-state index contributed by atoms with van der Waals surface area (Å²) in [6.07, 6.45) is 15.5. The average molecular weight is 755 g/mol. The molecule has 3 saturated heterocycles. The van der Waals surface area contributed by atoms with E-state index >= 15 is 0 Å². The first-order chi connectivity index (χ1) is 25.8. The molecule has 0 aromatic heterocycles. The van der Waals surface area contributed by atoms with Crippen molar-refractivity contribution in [1.82, 2.24) is 0 Å². The van der Waals surface area contributed by atoms with Crippen LogP contribution < -0.4 is 0 Å². The van der Waals surface area contributed by atoms with Gasteiger partial charge in [0.1, 0.15) is 35.9 Å². The van der Waals surface area contributed by atoms with Crippen LogP contribution in [0.25, 0.3) is 0 Å². The van der Waals surface area contributed by atoms with Crippen LogP contribution in [0.15, 0.2) is 59.3 Å². The SMILES string of the molecule is CO[C@H]1C[C@H](O[C@@H]2/C(C)=C/C[C@@H]3CC(C[C@]4(C=C[C@H](C)[C@@H](C5CCCCC5)O4)O3)OC(=O)C3C=C(C)[C@@H](O)[C@H]4OC/C(=C\C=C\[C@@H]2C)[C@@]34O)O[C@@H](C)[C@@H]1O. The highest BCUT2D eigenvalue weighted by Crippen LogP contribution is 2.47. The fraction of sp³-hybridized carbons (Fsp3) is 0.744. The van der Waals surface area contributed by atoms with Gasteiger partial charge in [-0.1, -0.05) is 69.6 Å². The van der Waals surface area contributed by atoms with E-state index in [4.69, 9.17) is 33.2 Å². The highest BCUT2D eigenvalue weighted by molar-refractivity contribution is 5.78. The molecule has 2 bridgehead atoms. The first-order valence-corrected chi connectivity index (χ1v) is 20.3. The number of carbonyl (C=O) groups is 1. The molecule has 2 unspecified atom stereocenters. The maximum atomic E-state index is 14.3. The van der Waals surface area contributed by atoms with Crippen molar-refractivity contribution in [3.63, 3.8) is 0 Å². The Labute approximate surface area is 320 Å². The number of carbonyl (C=O) groups excluding carboxylic acids is 1. The summed E-state index contributed by atoms with van der Waals surface area (Å²) >= 11 is 0. The zero-order valence-corrected chi connectivity index (χ0v) is 32.8. The molecule has 7 aliphatic rings. The molecule has 300 valence electrons. The number of methoxy groups -OCH3 is 1. The van der Waals surface area contributed by atoms with Gasteiger partial charge in [0, 0.05) is 38.2 Å². The van der Waals surface area contributed by atoms with E-state index in [2.05, 4.69) is 26.0 Å². The fourth-order valence-corrected chi connectivity index (χ4v) is 9.99. The smallest absolute Gasteiger partial charge is 0.316 e. The van der Waals surface area contributed by atoms with Crippen molar-refractivity contribution in [3.8, 4) is 0 Å². The Balaban J connectivity index is 1.24. The van der Waals surface area contributed by atoms with Crippen molar-refractivity contribution in [2.45, 2.75) is 165 Å². The minimum absolute atomic E-state index is 0.00602. The topological polar surface area (TPSA) is 142 Å². The summed E-state index contributed by atoms with van der Waals surface area (Å²) in [5, 5.41) is 34.2. The number of rotatable bonds is 4. The van der Waals surface area contributed by atoms with Gasteiger partial charge in [-0.2, -0.15) is 0 Å². The summed E-state index contributed by atoms with van der Waals surface area (Å²) in [6.45, 7) is 9.92. The van der Waals surface area contributed by atoms with Gasteiger partial charge in [0.25, 0.3) is 0 Å². The second kappa shape index (κ2) is 16.3. The van der Waals surface area contributed by atoms with E-state index in [0.717, 1.165) is 18.4 Å². The molecular formula is C43H62O11. The third kappa shape index (κ3) is 7.87. The normalized spacial score (nSPS) is 48.9. The van der Waals surface area contributed by atoms with Crippen molar-refractivity contribution in [1.29, 1.82) is 0 Å². The Morgan fingerprint density at radius 2 is 1.72 bits per heavy atom. The van der Waals surface area contributed by atoms with Crippen LogP contribution >= 0.6 is 0 Å². The van der Waals surface area contributed by atoms with Crippen LogP contribution in [0.5, 0.6) is 0 Å². The third-order valence-electron chi connectivity index (χ3n) is 13.2. The van der Waals surface area contributed by atoms with E-state index in [9.17, 15) is 20.1 Å². The number of fused-ring (bicyclic) bond motifs is 2. The predicted molar refractivity (Wildman–Crippen MR) is 200 cm³/mol. The molecule has 0 amide bonds. The van der Waals surface area contributed by atoms with Crippen LogP contribution in [-0.4, -0.2) is 108 Å². The maximum Gasteiger partial charge on any atom is 0.316 e. The first kappa shape index (κ1) is 40.0. The van der Waals surface area contributed by atoms with Crippen LogP contribution in [0.3, 0.4) is 0 Å². The van der Waals surface area contributed by atoms with Crippen LogP contribution in [0.2, 0.25) is 0 Å². The molecule has 0 radical (unpaired) electrons. The molecule has 5 aliphatic heterocycles. The van der Waals surface area contributed by atoms with Gasteiger partial charge in [0.15, 0.2) is 12.1 Å². The van der Waals surface area contributed by atoms with Gasteiger partial charge < -0.3 is 48.5 Å². The lowest BCUT2D eigenvalue weighted by Crippen LogP contribution is -2.58. The van der Waals surface area contributed by atoms with Crippen LogP contribution in [0, 0.1) is 23.7 Å². The minimum Gasteiger partial charge on any atom is -0.462 e. The molecule has 2 aliphatic carbocycles. The Bertz CT molecular complexity index is 1510. The van der Waals surface area contributed by atoms with Crippen LogP contribution in [0.4, 0.5) is 0 Å². The third-order valence-corrected chi connectivity index (χ3v) is 13.2. The molecule has 5 heterocycles. The Morgan fingerprint density at radius 3 is 2.48 bits per heavy atom. The molecule has 3 N–H and O–H groups in total. The van der Waals surface area contributed by atoms with E-state index in [0.29, 0.717) is 42.7 Å². The predicted octanol–water partition coefficient (Wildman–Crippen LogP) is 5.38. The van der Waals surface area contributed by atoms with Crippen LogP contribution in [0.1, 0.15) is 92.4 Å².